The molecule has 1 fully saturated rings. The maximum atomic E-state index is 12.6. The third-order valence-electron chi connectivity index (χ3n) is 4.09. The monoisotopic (exact) mass is 339 g/mol. The number of likely N-dealkylation sites (tertiary alicyclic amines) is 1. The summed E-state index contributed by atoms with van der Waals surface area (Å²) in [5.41, 5.74) is 6.61. The molecule has 23 heavy (non-hydrogen) atoms. The first-order valence-electron chi connectivity index (χ1n) is 8.05. The van der Waals surface area contributed by atoms with E-state index >= 15 is 0 Å². The first-order chi connectivity index (χ1) is 10.9. The van der Waals surface area contributed by atoms with Crippen molar-refractivity contribution in [1.82, 2.24) is 4.90 Å². The number of piperidine rings is 1. The highest BCUT2D eigenvalue weighted by Gasteiger charge is 2.23. The fourth-order valence-corrected chi connectivity index (χ4v) is 3.89. The molecule has 0 atom stereocenters. The normalized spacial score (nSPS) is 16.3. The first kappa shape index (κ1) is 17.7. The number of nitrogens with one attached hydrogen (secondary N) is 1. The molecule has 1 aromatic carbocycles. The van der Waals surface area contributed by atoms with Crippen molar-refractivity contribution in [2.45, 2.75) is 26.2 Å². The molecule has 0 spiro atoms. The van der Waals surface area contributed by atoms with Crippen LogP contribution in [-0.2, 0) is 10.0 Å². The van der Waals surface area contributed by atoms with Crippen LogP contribution in [-0.4, -0.2) is 44.6 Å². The van der Waals surface area contributed by atoms with Gasteiger partial charge in [0.25, 0.3) is 5.91 Å². The molecule has 0 radical (unpaired) electrons. The molecule has 3 N–H and O–H groups in total. The molecule has 0 saturated carbocycles. The summed E-state index contributed by atoms with van der Waals surface area (Å²) in [6.07, 6.45) is 2.39. The van der Waals surface area contributed by atoms with Crippen molar-refractivity contribution < 1.29 is 13.2 Å². The predicted octanol–water partition coefficient (Wildman–Crippen LogP) is 1.65. The Balaban J connectivity index is 2.06. The summed E-state index contributed by atoms with van der Waals surface area (Å²) in [5, 5.41) is 0. The van der Waals surface area contributed by atoms with Crippen molar-refractivity contribution >= 4 is 21.6 Å². The van der Waals surface area contributed by atoms with Crippen LogP contribution in [0.15, 0.2) is 24.3 Å². The Bertz CT molecular complexity index is 638. The number of carbonyl (C=O) groups is 1. The van der Waals surface area contributed by atoms with Crippen molar-refractivity contribution in [2.75, 3.05) is 30.1 Å². The molecule has 0 aliphatic carbocycles. The van der Waals surface area contributed by atoms with Gasteiger partial charge in [0.2, 0.25) is 10.0 Å². The van der Waals surface area contributed by atoms with E-state index in [1.165, 1.54) is 0 Å². The summed E-state index contributed by atoms with van der Waals surface area (Å²) in [7, 11) is -3.35. The second-order valence-corrected chi connectivity index (χ2v) is 7.81. The van der Waals surface area contributed by atoms with E-state index in [-0.39, 0.29) is 11.7 Å². The smallest absolute Gasteiger partial charge is 0.253 e. The van der Waals surface area contributed by atoms with E-state index in [2.05, 4.69) is 4.72 Å². The summed E-state index contributed by atoms with van der Waals surface area (Å²) in [6, 6.07) is 6.67. The van der Waals surface area contributed by atoms with Gasteiger partial charge in [-0.25, -0.2) is 8.42 Å². The maximum Gasteiger partial charge on any atom is 0.253 e. The zero-order chi connectivity index (χ0) is 16.9. The predicted molar refractivity (Wildman–Crippen MR) is 91.8 cm³/mol. The van der Waals surface area contributed by atoms with Gasteiger partial charge in [-0.1, -0.05) is 13.0 Å². The number of carbonyl (C=O) groups excluding carboxylic acids is 1. The third kappa shape index (κ3) is 4.94. The molecule has 128 valence electrons. The molecule has 2 rings (SSSR count). The highest BCUT2D eigenvalue weighted by molar-refractivity contribution is 7.92. The third-order valence-corrected chi connectivity index (χ3v) is 5.58. The largest absolute Gasteiger partial charge is 0.339 e. The number of amides is 1. The summed E-state index contributed by atoms with van der Waals surface area (Å²) in [6.45, 7) is 3.87. The van der Waals surface area contributed by atoms with Crippen molar-refractivity contribution in [2.24, 2.45) is 11.7 Å². The lowest BCUT2D eigenvalue weighted by molar-refractivity contribution is 0.0693. The molecule has 1 aliphatic heterocycles. The van der Waals surface area contributed by atoms with Gasteiger partial charge in [0.1, 0.15) is 0 Å². The van der Waals surface area contributed by atoms with Gasteiger partial charge in [-0.3, -0.25) is 9.52 Å². The van der Waals surface area contributed by atoms with Gasteiger partial charge in [-0.15, -0.1) is 0 Å². The van der Waals surface area contributed by atoms with Crippen LogP contribution < -0.4 is 10.5 Å². The number of benzene rings is 1. The number of hydrogen-bond donors (Lipinski definition) is 2. The fourth-order valence-electron chi connectivity index (χ4n) is 2.77. The van der Waals surface area contributed by atoms with Gasteiger partial charge in [0.15, 0.2) is 0 Å². The molecular weight excluding hydrogens is 314 g/mol. The molecule has 0 aromatic heterocycles. The topological polar surface area (TPSA) is 92.5 Å². The van der Waals surface area contributed by atoms with Gasteiger partial charge >= 0.3 is 0 Å². The van der Waals surface area contributed by atoms with Crippen LogP contribution in [0, 0.1) is 5.92 Å². The molecule has 6 nitrogen and oxygen atoms in total. The van der Waals surface area contributed by atoms with Crippen LogP contribution in [0.25, 0.3) is 0 Å². The lowest BCUT2D eigenvalue weighted by Gasteiger charge is -2.31. The zero-order valence-electron chi connectivity index (χ0n) is 13.5. The number of sulfonamides is 1. The number of hydrogen-bond acceptors (Lipinski definition) is 4. The van der Waals surface area contributed by atoms with Gasteiger partial charge in [-0.05, 0) is 49.9 Å². The Kier molecular flexibility index (Phi) is 6.01. The molecule has 1 amide bonds. The SMILES string of the molecule is CCCS(=O)(=O)Nc1cccc(C(=O)N2CCC(CN)CC2)c1. The highest BCUT2D eigenvalue weighted by Crippen LogP contribution is 2.20. The number of nitrogens with two attached hydrogens (primary N) is 1. The minimum absolute atomic E-state index is 0.0583. The van der Waals surface area contributed by atoms with Crippen LogP contribution in [0.2, 0.25) is 0 Å². The average Bonchev–Trinajstić information content (AvgIpc) is 2.54. The molecule has 1 heterocycles. The van der Waals surface area contributed by atoms with Gasteiger partial charge in [-0.2, -0.15) is 0 Å². The second-order valence-electron chi connectivity index (χ2n) is 5.97. The Morgan fingerprint density at radius 3 is 2.65 bits per heavy atom. The van der Waals surface area contributed by atoms with Gasteiger partial charge < -0.3 is 10.6 Å². The molecule has 0 bridgehead atoms. The van der Waals surface area contributed by atoms with Crippen molar-refractivity contribution in [3.8, 4) is 0 Å². The minimum atomic E-state index is -3.35. The molecule has 1 aromatic rings. The number of anilines is 1. The number of rotatable bonds is 6. The average molecular weight is 339 g/mol. The fraction of sp³-hybridized carbons (Fsp3) is 0.562. The minimum Gasteiger partial charge on any atom is -0.339 e. The maximum absolute atomic E-state index is 12.6. The second kappa shape index (κ2) is 7.79. The summed E-state index contributed by atoms with van der Waals surface area (Å²) >= 11 is 0. The highest BCUT2D eigenvalue weighted by atomic mass is 32.2. The van der Waals surface area contributed by atoms with Crippen LogP contribution in [0.3, 0.4) is 0 Å². The quantitative estimate of drug-likeness (QED) is 0.824. The Hall–Kier alpha value is -1.60. The lowest BCUT2D eigenvalue weighted by atomic mass is 9.96. The Labute approximate surface area is 138 Å². The van der Waals surface area contributed by atoms with E-state index in [0.29, 0.717) is 43.2 Å². The Morgan fingerprint density at radius 1 is 1.35 bits per heavy atom. The summed E-state index contributed by atoms with van der Waals surface area (Å²) < 4.78 is 26.2. The zero-order valence-corrected chi connectivity index (χ0v) is 14.3. The van der Waals surface area contributed by atoms with E-state index in [4.69, 9.17) is 5.73 Å². The van der Waals surface area contributed by atoms with E-state index < -0.39 is 10.0 Å². The molecule has 0 unspecified atom stereocenters. The van der Waals surface area contributed by atoms with Crippen LogP contribution in [0.4, 0.5) is 5.69 Å². The summed E-state index contributed by atoms with van der Waals surface area (Å²) in [5.74, 6) is 0.501. The standard InChI is InChI=1S/C16H25N3O3S/c1-2-10-23(21,22)18-15-5-3-4-14(11-15)16(20)19-8-6-13(12-17)7-9-19/h3-5,11,13,18H,2,6-10,12,17H2,1H3. The molecular formula is C16H25N3O3S. The summed E-state index contributed by atoms with van der Waals surface area (Å²) in [4.78, 5) is 14.4. The van der Waals surface area contributed by atoms with Crippen molar-refractivity contribution in [1.29, 1.82) is 0 Å². The molecule has 1 aliphatic rings. The van der Waals surface area contributed by atoms with E-state index in [1.54, 1.807) is 24.3 Å². The van der Waals surface area contributed by atoms with Crippen LogP contribution in [0.1, 0.15) is 36.5 Å². The van der Waals surface area contributed by atoms with Crippen LogP contribution >= 0.6 is 0 Å². The molecule has 1 saturated heterocycles. The lowest BCUT2D eigenvalue weighted by Crippen LogP contribution is -2.40. The Morgan fingerprint density at radius 2 is 2.04 bits per heavy atom. The number of nitrogens with zero attached hydrogens (tertiary/aromatic N) is 1. The van der Waals surface area contributed by atoms with Crippen LogP contribution in [0.5, 0.6) is 0 Å². The van der Waals surface area contributed by atoms with E-state index in [1.807, 2.05) is 11.8 Å². The van der Waals surface area contributed by atoms with E-state index in [0.717, 1.165) is 12.8 Å². The van der Waals surface area contributed by atoms with Crippen molar-refractivity contribution in [3.63, 3.8) is 0 Å². The first-order valence-corrected chi connectivity index (χ1v) is 9.70. The van der Waals surface area contributed by atoms with E-state index in [9.17, 15) is 13.2 Å². The van der Waals surface area contributed by atoms with Gasteiger partial charge in [0.05, 0.1) is 5.75 Å². The van der Waals surface area contributed by atoms with Crippen molar-refractivity contribution in [3.05, 3.63) is 29.8 Å². The van der Waals surface area contributed by atoms with Gasteiger partial charge in [0, 0.05) is 24.3 Å². The molecule has 7 heteroatoms.